The highest BCUT2D eigenvalue weighted by Gasteiger charge is 2.16. The van der Waals surface area contributed by atoms with Gasteiger partial charge in [0.05, 0.1) is 12.3 Å². The summed E-state index contributed by atoms with van der Waals surface area (Å²) in [5.41, 5.74) is 7.30. The van der Waals surface area contributed by atoms with Crippen molar-refractivity contribution in [1.82, 2.24) is 10.3 Å². The number of halogens is 2. The van der Waals surface area contributed by atoms with Crippen LogP contribution in [0.5, 0.6) is 5.75 Å². The van der Waals surface area contributed by atoms with E-state index >= 15 is 0 Å². The average Bonchev–Trinajstić information content (AvgIpc) is 2.95. The van der Waals surface area contributed by atoms with E-state index in [9.17, 15) is 4.79 Å². The van der Waals surface area contributed by atoms with E-state index in [1.54, 1.807) is 0 Å². The number of nitrogens with two attached hydrogens (primary N) is 1. The van der Waals surface area contributed by atoms with E-state index in [-0.39, 0.29) is 36.6 Å². The fourth-order valence-corrected chi connectivity index (χ4v) is 3.01. The lowest BCUT2D eigenvalue weighted by atomic mass is 10.2. The monoisotopic (exact) mass is 405 g/mol. The van der Waals surface area contributed by atoms with Gasteiger partial charge in [0.25, 0.3) is 5.91 Å². The first-order chi connectivity index (χ1) is 11.0. The molecule has 0 saturated heterocycles. The van der Waals surface area contributed by atoms with Gasteiger partial charge in [0.1, 0.15) is 15.6 Å². The lowest BCUT2D eigenvalue weighted by Crippen LogP contribution is -2.31. The molecule has 1 amide bonds. The maximum Gasteiger partial charge on any atom is 0.263 e. The predicted molar refractivity (Wildman–Crippen MR) is 109 cm³/mol. The van der Waals surface area contributed by atoms with Gasteiger partial charge in [-0.05, 0) is 50.6 Å². The summed E-state index contributed by atoms with van der Waals surface area (Å²) in [6.07, 6.45) is 0. The molecule has 0 aliphatic rings. The number of hydrogen-bond acceptors (Lipinski definition) is 5. The number of aromatic nitrogens is 1. The average molecular weight is 406 g/mol. The Balaban J connectivity index is 0.00000288. The quantitative estimate of drug-likeness (QED) is 0.735. The number of ether oxygens (including phenoxy) is 1. The lowest BCUT2D eigenvalue weighted by Gasteiger charge is -2.09. The van der Waals surface area contributed by atoms with E-state index in [0.717, 1.165) is 22.0 Å². The largest absolute Gasteiger partial charge is 0.494 e. The molecule has 2 rings (SSSR count). The van der Waals surface area contributed by atoms with Crippen LogP contribution in [0, 0.1) is 12.8 Å². The van der Waals surface area contributed by atoms with Crippen LogP contribution in [-0.4, -0.2) is 30.6 Å². The zero-order valence-corrected chi connectivity index (χ0v) is 17.0. The number of benzene rings is 1. The van der Waals surface area contributed by atoms with Gasteiger partial charge in [-0.3, -0.25) is 4.79 Å². The number of nitrogens with one attached hydrogen (secondary N) is 1. The maximum atomic E-state index is 12.3. The molecule has 1 aromatic heterocycles. The number of aryl methyl sites for hydroxylation is 1. The number of carbonyl (C=O) groups excluding carboxylic acids is 1. The summed E-state index contributed by atoms with van der Waals surface area (Å²) in [6, 6.07) is 7.75. The second-order valence-electron chi connectivity index (χ2n) is 5.44. The van der Waals surface area contributed by atoms with Crippen molar-refractivity contribution in [2.75, 3.05) is 19.7 Å². The van der Waals surface area contributed by atoms with Crippen molar-refractivity contribution in [3.05, 3.63) is 34.8 Å². The molecule has 1 aromatic carbocycles. The third-order valence-corrected chi connectivity index (χ3v) is 4.63. The number of rotatable bonds is 7. The first kappa shape index (κ1) is 23.7. The van der Waals surface area contributed by atoms with Crippen molar-refractivity contribution in [1.29, 1.82) is 0 Å². The minimum Gasteiger partial charge on any atom is -0.494 e. The van der Waals surface area contributed by atoms with E-state index < -0.39 is 0 Å². The highest BCUT2D eigenvalue weighted by Crippen LogP contribution is 2.29. The molecule has 2 aromatic rings. The number of thiazole rings is 1. The van der Waals surface area contributed by atoms with Crippen LogP contribution in [0.1, 0.15) is 29.2 Å². The molecular formula is C17H25Cl2N3O2S. The van der Waals surface area contributed by atoms with Crippen molar-refractivity contribution >= 4 is 42.1 Å². The molecule has 0 saturated carbocycles. The first-order valence-corrected chi connectivity index (χ1v) is 8.55. The van der Waals surface area contributed by atoms with Crippen LogP contribution in [0.25, 0.3) is 10.6 Å². The van der Waals surface area contributed by atoms with Gasteiger partial charge in [-0.15, -0.1) is 36.2 Å². The molecular weight excluding hydrogens is 381 g/mol. The van der Waals surface area contributed by atoms with Gasteiger partial charge in [0, 0.05) is 12.1 Å². The zero-order chi connectivity index (χ0) is 16.8. The third kappa shape index (κ3) is 6.47. The van der Waals surface area contributed by atoms with Crippen LogP contribution >= 0.6 is 36.2 Å². The molecule has 1 atom stereocenters. The smallest absolute Gasteiger partial charge is 0.263 e. The van der Waals surface area contributed by atoms with Gasteiger partial charge in [-0.25, -0.2) is 4.98 Å². The van der Waals surface area contributed by atoms with Crippen molar-refractivity contribution in [2.24, 2.45) is 11.7 Å². The highest BCUT2D eigenvalue weighted by molar-refractivity contribution is 7.17. The van der Waals surface area contributed by atoms with Crippen LogP contribution < -0.4 is 15.8 Å². The topological polar surface area (TPSA) is 77.2 Å². The maximum absolute atomic E-state index is 12.3. The summed E-state index contributed by atoms with van der Waals surface area (Å²) >= 11 is 1.40. The molecule has 0 fully saturated rings. The Morgan fingerprint density at radius 2 is 1.96 bits per heavy atom. The van der Waals surface area contributed by atoms with Crippen LogP contribution in [0.4, 0.5) is 0 Å². The van der Waals surface area contributed by atoms with Gasteiger partial charge in [-0.1, -0.05) is 6.92 Å². The molecule has 140 valence electrons. The zero-order valence-electron chi connectivity index (χ0n) is 14.6. The van der Waals surface area contributed by atoms with Crippen LogP contribution in [-0.2, 0) is 0 Å². The predicted octanol–water partition coefficient (Wildman–Crippen LogP) is 3.69. The van der Waals surface area contributed by atoms with E-state index in [0.29, 0.717) is 24.6 Å². The summed E-state index contributed by atoms with van der Waals surface area (Å²) < 4.78 is 5.44. The Bertz CT molecular complexity index is 662. The molecule has 25 heavy (non-hydrogen) atoms. The normalized spacial score (nSPS) is 11.0. The van der Waals surface area contributed by atoms with E-state index in [4.69, 9.17) is 10.5 Å². The van der Waals surface area contributed by atoms with Crippen molar-refractivity contribution in [2.45, 2.75) is 20.8 Å². The number of nitrogens with zero attached hydrogens (tertiary/aromatic N) is 1. The second kappa shape index (κ2) is 11.3. The molecule has 0 aliphatic heterocycles. The summed E-state index contributed by atoms with van der Waals surface area (Å²) in [4.78, 5) is 17.4. The molecule has 0 aliphatic carbocycles. The minimum absolute atomic E-state index is 0. The van der Waals surface area contributed by atoms with Gasteiger partial charge < -0.3 is 15.8 Å². The minimum atomic E-state index is -0.0857. The Morgan fingerprint density at radius 3 is 2.52 bits per heavy atom. The molecule has 0 bridgehead atoms. The van der Waals surface area contributed by atoms with Gasteiger partial charge >= 0.3 is 0 Å². The molecule has 5 nitrogen and oxygen atoms in total. The Labute approximate surface area is 165 Å². The van der Waals surface area contributed by atoms with E-state index in [2.05, 4.69) is 10.3 Å². The molecule has 1 unspecified atom stereocenters. The molecule has 1 heterocycles. The van der Waals surface area contributed by atoms with Gasteiger partial charge in [0.15, 0.2) is 0 Å². The highest BCUT2D eigenvalue weighted by atomic mass is 35.5. The third-order valence-electron chi connectivity index (χ3n) is 3.43. The molecule has 0 radical (unpaired) electrons. The van der Waals surface area contributed by atoms with Crippen molar-refractivity contribution in [3.63, 3.8) is 0 Å². The van der Waals surface area contributed by atoms with Crippen LogP contribution in [0.3, 0.4) is 0 Å². The van der Waals surface area contributed by atoms with Crippen molar-refractivity contribution < 1.29 is 9.53 Å². The SMILES string of the molecule is CCOc1ccc(-c2nc(C)c(C(=O)NCC(C)CN)s2)cc1.Cl.Cl. The molecule has 8 heteroatoms. The second-order valence-corrected chi connectivity index (χ2v) is 6.44. The summed E-state index contributed by atoms with van der Waals surface area (Å²) in [5, 5.41) is 3.75. The molecule has 0 spiro atoms. The Hall–Kier alpha value is -1.34. The number of amides is 1. The Morgan fingerprint density at radius 1 is 1.32 bits per heavy atom. The van der Waals surface area contributed by atoms with E-state index in [1.807, 2.05) is 45.0 Å². The van der Waals surface area contributed by atoms with E-state index in [1.165, 1.54) is 11.3 Å². The fraction of sp³-hybridized carbons (Fsp3) is 0.412. The lowest BCUT2D eigenvalue weighted by molar-refractivity contribution is 0.0952. The van der Waals surface area contributed by atoms with Gasteiger partial charge in [-0.2, -0.15) is 0 Å². The van der Waals surface area contributed by atoms with Crippen LogP contribution in [0.15, 0.2) is 24.3 Å². The van der Waals surface area contributed by atoms with Gasteiger partial charge in [0.2, 0.25) is 0 Å². The number of carbonyl (C=O) groups is 1. The van der Waals surface area contributed by atoms with Crippen molar-refractivity contribution in [3.8, 4) is 16.3 Å². The fourth-order valence-electron chi connectivity index (χ4n) is 2.02. The standard InChI is InChI=1S/C17H23N3O2S.2ClH/c1-4-22-14-7-5-13(6-8-14)17-20-12(3)15(23-17)16(21)19-10-11(2)9-18;;/h5-8,11H,4,9-10,18H2,1-3H3,(H,19,21);2*1H. The summed E-state index contributed by atoms with van der Waals surface area (Å²) in [7, 11) is 0. The Kier molecular flexibility index (Phi) is 10.7. The summed E-state index contributed by atoms with van der Waals surface area (Å²) in [5.74, 6) is 1.01. The first-order valence-electron chi connectivity index (χ1n) is 7.74. The molecule has 3 N–H and O–H groups in total. The summed E-state index contributed by atoms with van der Waals surface area (Å²) in [6.45, 7) is 7.58. The number of hydrogen-bond donors (Lipinski definition) is 2. The van der Waals surface area contributed by atoms with Crippen LogP contribution in [0.2, 0.25) is 0 Å².